The number of nitrogens with one attached hydrogen (secondary N) is 1. The van der Waals surface area contributed by atoms with Crippen molar-refractivity contribution >= 4 is 32.2 Å². The minimum atomic E-state index is -3.64. The van der Waals surface area contributed by atoms with Gasteiger partial charge in [-0.2, -0.15) is 18.4 Å². The smallest absolute Gasteiger partial charge is 0.276 e. The molecule has 1 aromatic carbocycles. The second-order valence-corrected chi connectivity index (χ2v) is 5.90. The van der Waals surface area contributed by atoms with Gasteiger partial charge in [0.15, 0.2) is 0 Å². The molecule has 0 atom stereocenters. The molecule has 0 spiro atoms. The van der Waals surface area contributed by atoms with E-state index in [4.69, 9.17) is 4.42 Å². The molecule has 1 N–H and O–H groups in total. The molecule has 1 heterocycles. The lowest BCUT2D eigenvalue weighted by atomic mass is 10.4. The summed E-state index contributed by atoms with van der Waals surface area (Å²) >= 11 is 3.23. The van der Waals surface area contributed by atoms with Crippen molar-refractivity contribution in [2.75, 3.05) is 0 Å². The maximum absolute atomic E-state index is 11.8. The minimum absolute atomic E-state index is 0.141. The molecule has 1 aromatic heterocycles. The molecule has 7 heteroatoms. The van der Waals surface area contributed by atoms with Crippen molar-refractivity contribution in [1.29, 1.82) is 0 Å². The van der Waals surface area contributed by atoms with E-state index in [1.165, 1.54) is 24.6 Å². The third-order valence-corrected chi connectivity index (χ3v) is 3.80. The first-order valence-electron chi connectivity index (χ1n) is 4.92. The summed E-state index contributed by atoms with van der Waals surface area (Å²) in [7, 11) is -3.64. The molecule has 2 aromatic rings. The van der Waals surface area contributed by atoms with Crippen molar-refractivity contribution in [2.45, 2.75) is 4.90 Å². The van der Waals surface area contributed by atoms with Crippen LogP contribution in [-0.2, 0) is 10.0 Å². The van der Waals surface area contributed by atoms with Gasteiger partial charge in [-0.15, -0.1) is 0 Å². The van der Waals surface area contributed by atoms with Crippen molar-refractivity contribution in [1.82, 2.24) is 4.83 Å². The van der Waals surface area contributed by atoms with Gasteiger partial charge in [0.1, 0.15) is 5.76 Å². The topological polar surface area (TPSA) is 71.7 Å². The first-order valence-corrected chi connectivity index (χ1v) is 7.19. The van der Waals surface area contributed by atoms with E-state index in [0.29, 0.717) is 5.76 Å². The Bertz CT molecular complexity index is 633. The fourth-order valence-corrected chi connectivity index (χ4v) is 2.25. The van der Waals surface area contributed by atoms with E-state index >= 15 is 0 Å². The highest BCUT2D eigenvalue weighted by Crippen LogP contribution is 2.14. The molecule has 0 fully saturated rings. The fraction of sp³-hybridized carbons (Fsp3) is 0. The Hall–Kier alpha value is -1.60. The van der Waals surface area contributed by atoms with Crippen LogP contribution in [0.4, 0.5) is 0 Å². The molecule has 0 saturated carbocycles. The van der Waals surface area contributed by atoms with Crippen molar-refractivity contribution in [2.24, 2.45) is 5.10 Å². The zero-order valence-electron chi connectivity index (χ0n) is 9.08. The molecule has 0 amide bonds. The van der Waals surface area contributed by atoms with Crippen LogP contribution < -0.4 is 4.83 Å². The van der Waals surface area contributed by atoms with Gasteiger partial charge in [-0.25, -0.2) is 0 Å². The van der Waals surface area contributed by atoms with Crippen LogP contribution in [0, 0.1) is 0 Å². The molecule has 0 radical (unpaired) electrons. The summed E-state index contributed by atoms with van der Waals surface area (Å²) in [6.45, 7) is 0. The Morgan fingerprint density at radius 1 is 1.22 bits per heavy atom. The molecule has 0 unspecified atom stereocenters. The average Bonchev–Trinajstić information content (AvgIpc) is 2.82. The standard InChI is InChI=1S/C11H9BrN2O3S/c12-9-3-5-11(6-4-9)18(15,16)14-13-8-10-2-1-7-17-10/h1-8,14H/b13-8+. The summed E-state index contributed by atoms with van der Waals surface area (Å²) in [4.78, 5) is 2.24. The largest absolute Gasteiger partial charge is 0.463 e. The maximum Gasteiger partial charge on any atom is 0.276 e. The Labute approximate surface area is 113 Å². The van der Waals surface area contributed by atoms with Gasteiger partial charge in [0.05, 0.1) is 17.4 Å². The molecule has 0 aliphatic heterocycles. The number of furan rings is 1. The Morgan fingerprint density at radius 2 is 1.94 bits per heavy atom. The van der Waals surface area contributed by atoms with Crippen LogP contribution in [0.15, 0.2) is 61.5 Å². The monoisotopic (exact) mass is 328 g/mol. The molecule has 0 saturated heterocycles. The Kier molecular flexibility index (Phi) is 3.83. The van der Waals surface area contributed by atoms with Gasteiger partial charge >= 0.3 is 0 Å². The third-order valence-electron chi connectivity index (χ3n) is 2.03. The molecule has 94 valence electrons. The highest BCUT2D eigenvalue weighted by molar-refractivity contribution is 9.10. The van der Waals surface area contributed by atoms with Crippen LogP contribution in [0.5, 0.6) is 0 Å². The number of hydrogen-bond donors (Lipinski definition) is 1. The van der Waals surface area contributed by atoms with Crippen LogP contribution in [0.25, 0.3) is 0 Å². The van der Waals surface area contributed by atoms with Crippen LogP contribution in [0.2, 0.25) is 0 Å². The van der Waals surface area contributed by atoms with Crippen molar-refractivity contribution in [3.63, 3.8) is 0 Å². The number of hydrogen-bond acceptors (Lipinski definition) is 4. The van der Waals surface area contributed by atoms with E-state index in [1.54, 1.807) is 24.3 Å². The fourth-order valence-electron chi connectivity index (χ4n) is 1.19. The number of halogens is 1. The quantitative estimate of drug-likeness (QED) is 0.691. The molecule has 18 heavy (non-hydrogen) atoms. The predicted molar refractivity (Wildman–Crippen MR) is 70.8 cm³/mol. The van der Waals surface area contributed by atoms with E-state index in [9.17, 15) is 8.42 Å². The maximum atomic E-state index is 11.8. The van der Waals surface area contributed by atoms with E-state index in [-0.39, 0.29) is 4.90 Å². The summed E-state index contributed by atoms with van der Waals surface area (Å²) in [5.74, 6) is 0.466. The number of nitrogens with zero attached hydrogens (tertiary/aromatic N) is 1. The Balaban J connectivity index is 2.10. The molecule has 0 aliphatic rings. The molecule has 2 rings (SSSR count). The summed E-state index contributed by atoms with van der Waals surface area (Å²) in [5, 5.41) is 3.62. The molecule has 0 bridgehead atoms. The molecular formula is C11H9BrN2O3S. The normalized spacial score (nSPS) is 11.8. The van der Waals surface area contributed by atoms with Gasteiger partial charge in [-0.05, 0) is 36.4 Å². The summed E-state index contributed by atoms with van der Waals surface area (Å²) in [6, 6.07) is 9.60. The van der Waals surface area contributed by atoms with Crippen molar-refractivity contribution < 1.29 is 12.8 Å². The van der Waals surface area contributed by atoms with Crippen LogP contribution in [0.3, 0.4) is 0 Å². The summed E-state index contributed by atoms with van der Waals surface area (Å²) in [6.07, 6.45) is 2.76. The van der Waals surface area contributed by atoms with Gasteiger partial charge in [0.25, 0.3) is 10.0 Å². The SMILES string of the molecule is O=S(=O)(N/N=C/c1ccco1)c1ccc(Br)cc1. The van der Waals surface area contributed by atoms with Crippen molar-refractivity contribution in [3.8, 4) is 0 Å². The van der Waals surface area contributed by atoms with Gasteiger partial charge < -0.3 is 4.42 Å². The van der Waals surface area contributed by atoms with Gasteiger partial charge in [-0.3, -0.25) is 0 Å². The molecule has 0 aliphatic carbocycles. The second-order valence-electron chi connectivity index (χ2n) is 3.32. The van der Waals surface area contributed by atoms with Gasteiger partial charge in [-0.1, -0.05) is 15.9 Å². The highest BCUT2D eigenvalue weighted by Gasteiger charge is 2.11. The van der Waals surface area contributed by atoms with E-state index in [2.05, 4.69) is 25.9 Å². The van der Waals surface area contributed by atoms with Crippen LogP contribution in [0.1, 0.15) is 5.76 Å². The van der Waals surface area contributed by atoms with Crippen LogP contribution in [-0.4, -0.2) is 14.6 Å². The van der Waals surface area contributed by atoms with E-state index in [1.807, 2.05) is 0 Å². The second kappa shape index (κ2) is 5.36. The number of hydrazone groups is 1. The number of rotatable bonds is 4. The lowest BCUT2D eigenvalue weighted by Gasteiger charge is -2.02. The predicted octanol–water partition coefficient (Wildman–Crippen LogP) is 2.35. The highest BCUT2D eigenvalue weighted by atomic mass is 79.9. The lowest BCUT2D eigenvalue weighted by Crippen LogP contribution is -2.18. The van der Waals surface area contributed by atoms with Gasteiger partial charge in [0, 0.05) is 4.47 Å². The van der Waals surface area contributed by atoms with Gasteiger partial charge in [0.2, 0.25) is 0 Å². The summed E-state index contributed by atoms with van der Waals surface area (Å²) < 4.78 is 29.4. The summed E-state index contributed by atoms with van der Waals surface area (Å²) in [5.41, 5.74) is 0. The minimum Gasteiger partial charge on any atom is -0.463 e. The Morgan fingerprint density at radius 3 is 2.56 bits per heavy atom. The first kappa shape index (κ1) is 12.8. The lowest BCUT2D eigenvalue weighted by molar-refractivity contribution is 0.559. The zero-order chi connectivity index (χ0) is 13.0. The average molecular weight is 329 g/mol. The zero-order valence-corrected chi connectivity index (χ0v) is 11.5. The molecule has 5 nitrogen and oxygen atoms in total. The number of sulfonamides is 1. The molecular weight excluding hydrogens is 320 g/mol. The van der Waals surface area contributed by atoms with E-state index < -0.39 is 10.0 Å². The first-order chi connectivity index (χ1) is 8.58. The third kappa shape index (κ3) is 3.21. The van der Waals surface area contributed by atoms with Crippen LogP contribution >= 0.6 is 15.9 Å². The number of benzene rings is 1. The van der Waals surface area contributed by atoms with E-state index in [0.717, 1.165) is 4.47 Å². The van der Waals surface area contributed by atoms with Crippen molar-refractivity contribution in [3.05, 3.63) is 52.9 Å².